The molecule has 1 saturated carbocycles. The van der Waals surface area contributed by atoms with E-state index < -0.39 is 28.6 Å². The molecule has 2 rings (SSSR count). The standard InChI is InChI=1S/C29H48O6Si2/c1-28(2,3)36(7,8)34-22-15-11-20(12-16-22)19-24(26(30)31)25(27(32)33)21-13-17-23(18-14-21)35-37(9,10)29(4,5)6/h11-12,15-16,21,23H,13-14,17-19H2,1-10H3,(H,30,31)(H,32,33). The monoisotopic (exact) mass is 548 g/mol. The van der Waals surface area contributed by atoms with Crippen molar-refractivity contribution in [3.05, 3.63) is 41.0 Å². The van der Waals surface area contributed by atoms with Crippen LogP contribution >= 0.6 is 0 Å². The normalized spacial score (nSPS) is 20.3. The van der Waals surface area contributed by atoms with Gasteiger partial charge in [-0.05, 0) is 85.6 Å². The lowest BCUT2D eigenvalue weighted by molar-refractivity contribution is -0.136. The van der Waals surface area contributed by atoms with Gasteiger partial charge in [0.25, 0.3) is 0 Å². The molecule has 0 aromatic heterocycles. The molecule has 6 nitrogen and oxygen atoms in total. The van der Waals surface area contributed by atoms with E-state index in [9.17, 15) is 19.8 Å². The Morgan fingerprint density at radius 2 is 1.30 bits per heavy atom. The lowest BCUT2D eigenvalue weighted by Gasteiger charge is -2.41. The van der Waals surface area contributed by atoms with E-state index in [4.69, 9.17) is 8.85 Å². The average Bonchev–Trinajstić information content (AvgIpc) is 2.73. The van der Waals surface area contributed by atoms with Crippen LogP contribution in [0.4, 0.5) is 0 Å². The Morgan fingerprint density at radius 1 is 0.811 bits per heavy atom. The molecular formula is C29H48O6Si2. The predicted octanol–water partition coefficient (Wildman–Crippen LogP) is 7.66. The van der Waals surface area contributed by atoms with Gasteiger partial charge in [0.05, 0.1) is 11.1 Å². The topological polar surface area (TPSA) is 93.1 Å². The molecule has 0 aliphatic heterocycles. The molecule has 0 spiro atoms. The molecule has 1 aliphatic rings. The van der Waals surface area contributed by atoms with Crippen molar-refractivity contribution in [1.82, 2.24) is 0 Å². The van der Waals surface area contributed by atoms with Crippen molar-refractivity contribution in [2.75, 3.05) is 0 Å². The fourth-order valence-corrected chi connectivity index (χ4v) is 6.68. The van der Waals surface area contributed by atoms with Gasteiger partial charge in [-0.2, -0.15) is 0 Å². The van der Waals surface area contributed by atoms with Crippen molar-refractivity contribution in [2.24, 2.45) is 5.92 Å². The van der Waals surface area contributed by atoms with Gasteiger partial charge in [-0.1, -0.05) is 53.7 Å². The van der Waals surface area contributed by atoms with Gasteiger partial charge in [0.1, 0.15) is 5.75 Å². The molecule has 8 heteroatoms. The van der Waals surface area contributed by atoms with E-state index in [1.54, 1.807) is 0 Å². The largest absolute Gasteiger partial charge is 0.544 e. The number of benzene rings is 1. The van der Waals surface area contributed by atoms with E-state index in [-0.39, 0.29) is 39.7 Å². The van der Waals surface area contributed by atoms with Crippen LogP contribution in [-0.2, 0) is 20.4 Å². The third-order valence-corrected chi connectivity index (χ3v) is 17.5. The van der Waals surface area contributed by atoms with Gasteiger partial charge in [-0.3, -0.25) is 0 Å². The van der Waals surface area contributed by atoms with Crippen molar-refractivity contribution in [3.63, 3.8) is 0 Å². The van der Waals surface area contributed by atoms with Gasteiger partial charge in [0, 0.05) is 12.5 Å². The molecule has 0 atom stereocenters. The molecule has 0 heterocycles. The summed E-state index contributed by atoms with van der Waals surface area (Å²) in [6.45, 7) is 22.0. The summed E-state index contributed by atoms with van der Waals surface area (Å²) >= 11 is 0. The summed E-state index contributed by atoms with van der Waals surface area (Å²) in [5.41, 5.74) is 0.771. The maximum absolute atomic E-state index is 12.3. The van der Waals surface area contributed by atoms with Gasteiger partial charge >= 0.3 is 11.9 Å². The maximum atomic E-state index is 12.3. The van der Waals surface area contributed by atoms with E-state index in [1.165, 1.54) is 0 Å². The molecule has 208 valence electrons. The second-order valence-corrected chi connectivity index (χ2v) is 23.0. The fourth-order valence-electron chi connectivity index (χ4n) is 4.23. The van der Waals surface area contributed by atoms with Crippen molar-refractivity contribution >= 4 is 28.6 Å². The van der Waals surface area contributed by atoms with E-state index in [0.717, 1.165) is 24.2 Å². The van der Waals surface area contributed by atoms with Crippen molar-refractivity contribution < 1.29 is 28.7 Å². The van der Waals surface area contributed by atoms with Gasteiger partial charge in [0.15, 0.2) is 8.32 Å². The Labute approximate surface area is 225 Å². The van der Waals surface area contributed by atoms with Crippen molar-refractivity contribution in [3.8, 4) is 5.75 Å². The van der Waals surface area contributed by atoms with Crippen LogP contribution in [0.25, 0.3) is 0 Å². The van der Waals surface area contributed by atoms with Gasteiger partial charge in [0.2, 0.25) is 8.32 Å². The zero-order valence-electron chi connectivity index (χ0n) is 24.5. The van der Waals surface area contributed by atoms with Crippen LogP contribution in [0.2, 0.25) is 36.3 Å². The molecule has 2 N–H and O–H groups in total. The first-order valence-electron chi connectivity index (χ1n) is 13.4. The van der Waals surface area contributed by atoms with E-state index in [2.05, 4.69) is 67.7 Å². The fraction of sp³-hybridized carbons (Fsp3) is 0.655. The Morgan fingerprint density at radius 3 is 1.70 bits per heavy atom. The smallest absolute Gasteiger partial charge is 0.332 e. The van der Waals surface area contributed by atoms with Crippen molar-refractivity contribution in [1.29, 1.82) is 0 Å². The molecule has 0 unspecified atom stereocenters. The first-order valence-corrected chi connectivity index (χ1v) is 19.2. The average molecular weight is 549 g/mol. The van der Waals surface area contributed by atoms with Gasteiger partial charge in [-0.15, -0.1) is 0 Å². The van der Waals surface area contributed by atoms with Gasteiger partial charge < -0.3 is 19.1 Å². The first-order chi connectivity index (χ1) is 16.7. The van der Waals surface area contributed by atoms with Crippen LogP contribution in [-0.4, -0.2) is 44.9 Å². The summed E-state index contributed by atoms with van der Waals surface area (Å²) in [6.07, 6.45) is 2.92. The number of carboxylic acid groups (broad SMARTS) is 2. The number of hydrogen-bond acceptors (Lipinski definition) is 4. The van der Waals surface area contributed by atoms with E-state index in [0.29, 0.717) is 12.8 Å². The van der Waals surface area contributed by atoms with Crippen LogP contribution in [0.15, 0.2) is 35.4 Å². The predicted molar refractivity (Wildman–Crippen MR) is 154 cm³/mol. The molecule has 0 amide bonds. The minimum atomic E-state index is -1.99. The highest BCUT2D eigenvalue weighted by Crippen LogP contribution is 2.41. The minimum Gasteiger partial charge on any atom is -0.544 e. The van der Waals surface area contributed by atoms with Crippen LogP contribution in [0, 0.1) is 5.92 Å². The van der Waals surface area contributed by atoms with Crippen LogP contribution < -0.4 is 4.43 Å². The Bertz CT molecular complexity index is 989. The Balaban J connectivity index is 2.21. The number of carboxylic acids is 2. The molecule has 1 aliphatic carbocycles. The summed E-state index contributed by atoms with van der Waals surface area (Å²) in [4.78, 5) is 24.6. The second kappa shape index (κ2) is 11.5. The Hall–Kier alpha value is -1.91. The van der Waals surface area contributed by atoms with E-state index >= 15 is 0 Å². The highest BCUT2D eigenvalue weighted by atomic mass is 28.4. The third-order valence-electron chi connectivity index (χ3n) is 8.65. The molecule has 0 saturated heterocycles. The van der Waals surface area contributed by atoms with Crippen LogP contribution in [0.5, 0.6) is 5.75 Å². The third kappa shape index (κ3) is 8.04. The number of rotatable bonds is 9. The molecule has 1 aromatic carbocycles. The molecule has 37 heavy (non-hydrogen) atoms. The molecule has 1 fully saturated rings. The summed E-state index contributed by atoms with van der Waals surface area (Å²) in [5.74, 6) is -1.83. The summed E-state index contributed by atoms with van der Waals surface area (Å²) < 4.78 is 12.9. The SMILES string of the molecule is CC(C)(C)[Si](C)(C)Oc1ccc(CC(C(=O)O)=C(C(=O)O)C2CCC(O[Si](C)(C)C(C)(C)C)CC2)cc1. The highest BCUT2D eigenvalue weighted by molar-refractivity contribution is 6.75. The molecular weight excluding hydrogens is 500 g/mol. The zero-order chi connectivity index (χ0) is 28.4. The first kappa shape index (κ1) is 31.3. The molecule has 1 aromatic rings. The number of aliphatic carboxylic acids is 2. The van der Waals surface area contributed by atoms with E-state index in [1.807, 2.05) is 24.3 Å². The molecule has 0 bridgehead atoms. The number of carbonyl (C=O) groups is 2. The summed E-state index contributed by atoms with van der Waals surface area (Å²) in [7, 11) is -3.90. The lowest BCUT2D eigenvalue weighted by Crippen LogP contribution is -2.44. The highest BCUT2D eigenvalue weighted by Gasteiger charge is 2.41. The lowest BCUT2D eigenvalue weighted by atomic mass is 9.79. The van der Waals surface area contributed by atoms with Crippen LogP contribution in [0.3, 0.4) is 0 Å². The summed E-state index contributed by atoms with van der Waals surface area (Å²) in [5, 5.41) is 20.3. The van der Waals surface area contributed by atoms with Crippen LogP contribution in [0.1, 0.15) is 72.8 Å². The second-order valence-electron chi connectivity index (χ2n) is 13.5. The maximum Gasteiger partial charge on any atom is 0.332 e. The summed E-state index contributed by atoms with van der Waals surface area (Å²) in [6, 6.07) is 7.40. The quantitative estimate of drug-likeness (QED) is 0.243. The van der Waals surface area contributed by atoms with Gasteiger partial charge in [-0.25, -0.2) is 9.59 Å². The number of hydrogen-bond donors (Lipinski definition) is 2. The Kier molecular flexibility index (Phi) is 9.69. The molecule has 0 radical (unpaired) electrons. The zero-order valence-corrected chi connectivity index (χ0v) is 26.5. The van der Waals surface area contributed by atoms with Crippen molar-refractivity contribution in [2.45, 2.75) is 116 Å². The minimum absolute atomic E-state index is 0.0284.